The highest BCUT2D eigenvalue weighted by molar-refractivity contribution is 5.60. The molecule has 3 N–H and O–H groups in total. The van der Waals surface area contributed by atoms with Gasteiger partial charge in [0.2, 0.25) is 0 Å². The van der Waals surface area contributed by atoms with Crippen molar-refractivity contribution in [3.05, 3.63) is 17.7 Å². The van der Waals surface area contributed by atoms with Crippen molar-refractivity contribution in [3.8, 4) is 11.5 Å². The van der Waals surface area contributed by atoms with Crippen molar-refractivity contribution in [1.82, 2.24) is 0 Å². The summed E-state index contributed by atoms with van der Waals surface area (Å²) in [6, 6.07) is 3.92. The van der Waals surface area contributed by atoms with Crippen LogP contribution in [0, 0.1) is 6.92 Å². The molecule has 0 heterocycles. The fourth-order valence-electron chi connectivity index (χ4n) is 1.69. The first-order chi connectivity index (χ1) is 8.37. The zero-order chi connectivity index (χ0) is 13.8. The van der Waals surface area contributed by atoms with Gasteiger partial charge in [0.15, 0.2) is 11.5 Å². The van der Waals surface area contributed by atoms with E-state index in [1.165, 1.54) is 0 Å². The number of benzene rings is 1. The summed E-state index contributed by atoms with van der Waals surface area (Å²) in [5.41, 5.74) is 7.98. The quantitative estimate of drug-likeness (QED) is 0.817. The molecule has 4 heteroatoms. The summed E-state index contributed by atoms with van der Waals surface area (Å²) in [6.45, 7) is 6.92. The molecule has 0 radical (unpaired) electrons. The van der Waals surface area contributed by atoms with E-state index < -0.39 is 0 Å². The largest absolute Gasteiger partial charge is 0.493 e. The molecule has 0 aromatic heterocycles. The van der Waals surface area contributed by atoms with Crippen molar-refractivity contribution in [2.24, 2.45) is 5.73 Å². The minimum Gasteiger partial charge on any atom is -0.493 e. The van der Waals surface area contributed by atoms with E-state index >= 15 is 0 Å². The van der Waals surface area contributed by atoms with Gasteiger partial charge in [-0.2, -0.15) is 0 Å². The highest BCUT2D eigenvalue weighted by Gasteiger charge is 2.11. The Labute approximate surface area is 109 Å². The van der Waals surface area contributed by atoms with Crippen LogP contribution in [0.2, 0.25) is 0 Å². The molecular weight excluding hydrogens is 228 g/mol. The SMILES string of the molecule is COc1cc(C)c(NCCC(C)(C)N)cc1OC. The summed E-state index contributed by atoms with van der Waals surface area (Å²) >= 11 is 0. The smallest absolute Gasteiger partial charge is 0.162 e. The van der Waals surface area contributed by atoms with E-state index in [0.717, 1.165) is 35.7 Å². The Balaban J connectivity index is 2.77. The molecule has 0 amide bonds. The van der Waals surface area contributed by atoms with Crippen LogP contribution in [0.1, 0.15) is 25.8 Å². The lowest BCUT2D eigenvalue weighted by molar-refractivity contribution is 0.355. The number of rotatable bonds is 6. The summed E-state index contributed by atoms with van der Waals surface area (Å²) in [7, 11) is 3.28. The second-order valence-corrected chi connectivity index (χ2v) is 5.19. The zero-order valence-electron chi connectivity index (χ0n) is 12.0. The lowest BCUT2D eigenvalue weighted by Crippen LogP contribution is -2.34. The molecule has 0 aliphatic carbocycles. The van der Waals surface area contributed by atoms with E-state index in [4.69, 9.17) is 15.2 Å². The average Bonchev–Trinajstić information content (AvgIpc) is 2.29. The van der Waals surface area contributed by atoms with Crippen LogP contribution in [0.15, 0.2) is 12.1 Å². The highest BCUT2D eigenvalue weighted by atomic mass is 16.5. The first-order valence-electron chi connectivity index (χ1n) is 6.13. The van der Waals surface area contributed by atoms with Crippen molar-refractivity contribution in [3.63, 3.8) is 0 Å². The average molecular weight is 252 g/mol. The molecule has 0 bridgehead atoms. The van der Waals surface area contributed by atoms with Gasteiger partial charge in [-0.05, 0) is 38.8 Å². The molecule has 0 unspecified atom stereocenters. The molecule has 18 heavy (non-hydrogen) atoms. The number of aryl methyl sites for hydroxylation is 1. The van der Waals surface area contributed by atoms with Gasteiger partial charge in [-0.25, -0.2) is 0 Å². The van der Waals surface area contributed by atoms with Crippen LogP contribution in [0.4, 0.5) is 5.69 Å². The molecule has 0 fully saturated rings. The molecule has 0 aliphatic heterocycles. The Kier molecular flexibility index (Phi) is 4.84. The lowest BCUT2D eigenvalue weighted by Gasteiger charge is -2.20. The van der Waals surface area contributed by atoms with Gasteiger partial charge in [0, 0.05) is 23.8 Å². The summed E-state index contributed by atoms with van der Waals surface area (Å²) in [6.07, 6.45) is 0.904. The topological polar surface area (TPSA) is 56.5 Å². The molecule has 1 rings (SSSR count). The molecule has 4 nitrogen and oxygen atoms in total. The van der Waals surface area contributed by atoms with Gasteiger partial charge in [0.1, 0.15) is 0 Å². The van der Waals surface area contributed by atoms with Gasteiger partial charge in [0.25, 0.3) is 0 Å². The fraction of sp³-hybridized carbons (Fsp3) is 0.571. The van der Waals surface area contributed by atoms with E-state index in [1.54, 1.807) is 14.2 Å². The first-order valence-corrected chi connectivity index (χ1v) is 6.13. The standard InChI is InChI=1S/C14H24N2O2/c1-10-8-12(17-4)13(18-5)9-11(10)16-7-6-14(2,3)15/h8-9,16H,6-7,15H2,1-5H3. The van der Waals surface area contributed by atoms with Crippen LogP contribution in [-0.2, 0) is 0 Å². The first kappa shape index (κ1) is 14.6. The van der Waals surface area contributed by atoms with Gasteiger partial charge >= 0.3 is 0 Å². The van der Waals surface area contributed by atoms with Crippen LogP contribution >= 0.6 is 0 Å². The van der Waals surface area contributed by atoms with Crippen molar-refractivity contribution >= 4 is 5.69 Å². The van der Waals surface area contributed by atoms with E-state index in [-0.39, 0.29) is 5.54 Å². The number of ether oxygens (including phenoxy) is 2. The third-order valence-electron chi connectivity index (χ3n) is 2.82. The summed E-state index contributed by atoms with van der Waals surface area (Å²) < 4.78 is 10.5. The molecule has 1 aromatic rings. The molecule has 1 aromatic carbocycles. The second kappa shape index (κ2) is 5.96. The second-order valence-electron chi connectivity index (χ2n) is 5.19. The summed E-state index contributed by atoms with van der Waals surface area (Å²) in [5, 5.41) is 3.38. The van der Waals surface area contributed by atoms with Crippen LogP contribution in [-0.4, -0.2) is 26.3 Å². The van der Waals surface area contributed by atoms with Gasteiger partial charge in [-0.3, -0.25) is 0 Å². The third kappa shape index (κ3) is 4.11. The number of nitrogens with two attached hydrogens (primary N) is 1. The fourth-order valence-corrected chi connectivity index (χ4v) is 1.69. The van der Waals surface area contributed by atoms with Crippen molar-refractivity contribution in [1.29, 1.82) is 0 Å². The minimum atomic E-state index is -0.155. The Morgan fingerprint density at radius 2 is 1.72 bits per heavy atom. The van der Waals surface area contributed by atoms with Gasteiger partial charge in [-0.15, -0.1) is 0 Å². The van der Waals surface area contributed by atoms with Gasteiger partial charge < -0.3 is 20.5 Å². The molecule has 0 atom stereocenters. The van der Waals surface area contributed by atoms with Gasteiger partial charge in [-0.1, -0.05) is 0 Å². The third-order valence-corrected chi connectivity index (χ3v) is 2.82. The number of anilines is 1. The number of hydrogen-bond donors (Lipinski definition) is 2. The lowest BCUT2D eigenvalue weighted by atomic mass is 10.0. The highest BCUT2D eigenvalue weighted by Crippen LogP contribution is 2.32. The predicted molar refractivity (Wildman–Crippen MR) is 75.7 cm³/mol. The van der Waals surface area contributed by atoms with E-state index in [9.17, 15) is 0 Å². The maximum Gasteiger partial charge on any atom is 0.162 e. The van der Waals surface area contributed by atoms with Crippen molar-refractivity contribution in [2.45, 2.75) is 32.7 Å². The maximum atomic E-state index is 5.95. The number of methoxy groups -OCH3 is 2. The van der Waals surface area contributed by atoms with Crippen molar-refractivity contribution in [2.75, 3.05) is 26.1 Å². The zero-order valence-corrected chi connectivity index (χ0v) is 12.0. The molecule has 0 spiro atoms. The van der Waals surface area contributed by atoms with E-state index in [2.05, 4.69) is 5.32 Å². The Bertz CT molecular complexity index is 398. The van der Waals surface area contributed by atoms with Crippen LogP contribution in [0.3, 0.4) is 0 Å². The van der Waals surface area contributed by atoms with Crippen LogP contribution < -0.4 is 20.5 Å². The monoisotopic (exact) mass is 252 g/mol. The molecule has 0 saturated carbocycles. The Morgan fingerprint density at radius 1 is 1.17 bits per heavy atom. The maximum absolute atomic E-state index is 5.95. The summed E-state index contributed by atoms with van der Waals surface area (Å²) in [4.78, 5) is 0. The molecule has 102 valence electrons. The van der Waals surface area contributed by atoms with Crippen molar-refractivity contribution < 1.29 is 9.47 Å². The Morgan fingerprint density at radius 3 is 2.22 bits per heavy atom. The van der Waals surface area contributed by atoms with E-state index in [0.29, 0.717) is 0 Å². The van der Waals surface area contributed by atoms with Crippen LogP contribution in [0.5, 0.6) is 11.5 Å². The van der Waals surface area contributed by atoms with Gasteiger partial charge in [0.05, 0.1) is 14.2 Å². The van der Waals surface area contributed by atoms with E-state index in [1.807, 2.05) is 32.9 Å². The Hall–Kier alpha value is -1.42. The minimum absolute atomic E-state index is 0.155. The predicted octanol–water partition coefficient (Wildman–Crippen LogP) is 2.55. The number of nitrogens with one attached hydrogen (secondary N) is 1. The molecule has 0 saturated heterocycles. The van der Waals surface area contributed by atoms with Crippen LogP contribution in [0.25, 0.3) is 0 Å². The normalized spacial score (nSPS) is 11.2. The number of hydrogen-bond acceptors (Lipinski definition) is 4. The summed E-state index contributed by atoms with van der Waals surface area (Å²) in [5.74, 6) is 1.48. The molecule has 0 aliphatic rings. The molecular formula is C14H24N2O2.